The summed E-state index contributed by atoms with van der Waals surface area (Å²) in [5.74, 6) is 0. The lowest BCUT2D eigenvalue weighted by atomic mass is 9.85. The van der Waals surface area contributed by atoms with Crippen LogP contribution in [0.2, 0.25) is 0 Å². The van der Waals surface area contributed by atoms with Crippen molar-refractivity contribution in [2.45, 2.75) is 0 Å². The molecule has 13 rings (SSSR count). The van der Waals surface area contributed by atoms with Crippen molar-refractivity contribution in [1.29, 1.82) is 0 Å². The highest BCUT2D eigenvalue weighted by Gasteiger charge is 2.24. The third kappa shape index (κ3) is 4.74. The lowest BCUT2D eigenvalue weighted by molar-refractivity contribution is 0.669. The van der Waals surface area contributed by atoms with E-state index < -0.39 is 0 Å². The Kier molecular flexibility index (Phi) is 6.92. The van der Waals surface area contributed by atoms with Gasteiger partial charge < -0.3 is 8.83 Å². The number of rotatable bonds is 4. The monoisotopic (exact) mass is 768 g/mol. The first-order valence-electron chi connectivity index (χ1n) is 20.1. The van der Waals surface area contributed by atoms with Gasteiger partial charge in [0.25, 0.3) is 0 Å². The third-order valence-electron chi connectivity index (χ3n) is 12.3. The van der Waals surface area contributed by atoms with Gasteiger partial charge in [-0.3, -0.25) is 0 Å². The fourth-order valence-corrected chi connectivity index (χ4v) is 11.1. The van der Waals surface area contributed by atoms with E-state index in [1.54, 1.807) is 0 Å². The topological polar surface area (TPSA) is 26.3 Å². The molecule has 274 valence electrons. The summed E-state index contributed by atoms with van der Waals surface area (Å²) in [5.41, 5.74) is 12.0. The molecular formula is C56H32O2S. The van der Waals surface area contributed by atoms with Gasteiger partial charge in [0.15, 0.2) is 0 Å². The molecule has 0 aliphatic heterocycles. The Hall–Kier alpha value is -7.46. The molecule has 3 heterocycles. The quantitative estimate of drug-likeness (QED) is 0.167. The van der Waals surface area contributed by atoms with E-state index in [1.807, 2.05) is 11.3 Å². The predicted octanol–water partition coefficient (Wildman–Crippen LogP) is 16.8. The summed E-state index contributed by atoms with van der Waals surface area (Å²) in [5, 5.41) is 13.0. The number of hydrogen-bond acceptors (Lipinski definition) is 3. The van der Waals surface area contributed by atoms with Crippen LogP contribution in [-0.2, 0) is 0 Å². The Morgan fingerprint density at radius 1 is 0.322 bits per heavy atom. The first-order valence-corrected chi connectivity index (χ1v) is 20.9. The molecule has 10 aromatic carbocycles. The second kappa shape index (κ2) is 12.5. The maximum Gasteiger partial charge on any atom is 0.143 e. The second-order valence-corrected chi connectivity index (χ2v) is 16.5. The van der Waals surface area contributed by atoms with Crippen molar-refractivity contribution in [3.8, 4) is 43.8 Å². The molecule has 2 nitrogen and oxygen atoms in total. The zero-order valence-electron chi connectivity index (χ0n) is 31.7. The van der Waals surface area contributed by atoms with E-state index >= 15 is 0 Å². The van der Waals surface area contributed by atoms with Crippen LogP contribution in [-0.4, -0.2) is 0 Å². The van der Waals surface area contributed by atoms with E-state index in [-0.39, 0.29) is 0 Å². The van der Waals surface area contributed by atoms with E-state index in [1.165, 1.54) is 80.5 Å². The van der Waals surface area contributed by atoms with Crippen LogP contribution >= 0.6 is 11.3 Å². The molecule has 0 unspecified atom stereocenters. The molecule has 3 heteroatoms. The van der Waals surface area contributed by atoms with Crippen molar-refractivity contribution < 1.29 is 8.83 Å². The van der Waals surface area contributed by atoms with E-state index in [4.69, 9.17) is 8.83 Å². The van der Waals surface area contributed by atoms with Crippen LogP contribution in [0, 0.1) is 0 Å². The Bertz CT molecular complexity index is 3770. The van der Waals surface area contributed by atoms with Crippen LogP contribution in [0.1, 0.15) is 0 Å². The standard InChI is InChI=1S/C56H32O2S/c1-3-15-34(16-4-1)50-44-28-31-48-53(56(44)59-55(50)35-17-5-2-6-18-35)43-25-13-24-42(54(43)58-48)51-40-22-11-9-20-38(40)49(39-21-10-12-23-41(39)51)36-27-29-46-45(32-36)52-37-19-8-7-14-33(37)26-30-47(52)57-46/h1-32H. The van der Waals surface area contributed by atoms with Gasteiger partial charge in [0.1, 0.15) is 22.3 Å². The largest absolute Gasteiger partial charge is 0.456 e. The van der Waals surface area contributed by atoms with Crippen LogP contribution in [0.15, 0.2) is 203 Å². The molecule has 3 aromatic heterocycles. The fraction of sp³-hybridized carbons (Fsp3) is 0. The molecular weight excluding hydrogens is 737 g/mol. The normalized spacial score (nSPS) is 12.1. The molecule has 0 amide bonds. The first kappa shape index (κ1) is 32.6. The minimum Gasteiger partial charge on any atom is -0.456 e. The van der Waals surface area contributed by atoms with E-state index in [2.05, 4.69) is 194 Å². The number of fused-ring (bicyclic) bond motifs is 12. The minimum atomic E-state index is 0.897. The molecule has 0 N–H and O–H groups in total. The number of para-hydroxylation sites is 1. The lowest BCUT2D eigenvalue weighted by Gasteiger charge is -2.18. The summed E-state index contributed by atoms with van der Waals surface area (Å²) >= 11 is 1.86. The molecule has 0 atom stereocenters. The second-order valence-electron chi connectivity index (χ2n) is 15.5. The average Bonchev–Trinajstić information content (AvgIpc) is 4.00. The van der Waals surface area contributed by atoms with Crippen molar-refractivity contribution in [2.75, 3.05) is 0 Å². The fourth-order valence-electron chi connectivity index (χ4n) is 9.75. The summed E-state index contributed by atoms with van der Waals surface area (Å²) in [6.45, 7) is 0. The van der Waals surface area contributed by atoms with Crippen LogP contribution in [0.25, 0.3) is 130 Å². The Morgan fingerprint density at radius 2 is 0.915 bits per heavy atom. The highest BCUT2D eigenvalue weighted by Crippen LogP contribution is 2.51. The van der Waals surface area contributed by atoms with E-state index in [0.29, 0.717) is 0 Å². The SMILES string of the molecule is c1ccc(-c2sc3c(ccc4oc5c(-c6c7ccccc7c(-c7ccc8oc9ccc%10ccccc%10c9c8c7)c7ccccc67)cccc5c43)c2-c2ccccc2)cc1. The van der Waals surface area contributed by atoms with Gasteiger partial charge in [0.2, 0.25) is 0 Å². The molecule has 59 heavy (non-hydrogen) atoms. The lowest BCUT2D eigenvalue weighted by Crippen LogP contribution is -1.91. The zero-order chi connectivity index (χ0) is 38.6. The molecule has 0 bridgehead atoms. The summed E-state index contributed by atoms with van der Waals surface area (Å²) in [4.78, 5) is 1.27. The molecule has 0 spiro atoms. The van der Waals surface area contributed by atoms with Crippen molar-refractivity contribution in [3.05, 3.63) is 194 Å². The summed E-state index contributed by atoms with van der Waals surface area (Å²) in [7, 11) is 0. The number of hydrogen-bond donors (Lipinski definition) is 0. The van der Waals surface area contributed by atoms with Crippen molar-refractivity contribution in [1.82, 2.24) is 0 Å². The van der Waals surface area contributed by atoms with Gasteiger partial charge in [0, 0.05) is 53.2 Å². The van der Waals surface area contributed by atoms with Crippen molar-refractivity contribution >= 4 is 97.6 Å². The molecule has 0 fully saturated rings. The maximum absolute atomic E-state index is 7.03. The van der Waals surface area contributed by atoms with Gasteiger partial charge in [0.05, 0.1) is 0 Å². The predicted molar refractivity (Wildman–Crippen MR) is 251 cm³/mol. The summed E-state index contributed by atoms with van der Waals surface area (Å²) < 4.78 is 14.7. The van der Waals surface area contributed by atoms with Crippen LogP contribution in [0.4, 0.5) is 0 Å². The number of furan rings is 2. The van der Waals surface area contributed by atoms with Crippen molar-refractivity contribution in [3.63, 3.8) is 0 Å². The molecule has 0 saturated heterocycles. The maximum atomic E-state index is 7.03. The van der Waals surface area contributed by atoms with Crippen molar-refractivity contribution in [2.24, 2.45) is 0 Å². The van der Waals surface area contributed by atoms with Gasteiger partial charge in [-0.2, -0.15) is 0 Å². The van der Waals surface area contributed by atoms with Gasteiger partial charge >= 0.3 is 0 Å². The molecule has 0 saturated carbocycles. The molecule has 0 aliphatic rings. The first-order chi connectivity index (χ1) is 29.3. The van der Waals surface area contributed by atoms with Gasteiger partial charge in [-0.05, 0) is 84.9 Å². The van der Waals surface area contributed by atoms with Crippen LogP contribution < -0.4 is 0 Å². The Labute approximate surface area is 342 Å². The third-order valence-corrected chi connectivity index (χ3v) is 13.5. The van der Waals surface area contributed by atoms with Gasteiger partial charge in [-0.15, -0.1) is 11.3 Å². The van der Waals surface area contributed by atoms with Crippen LogP contribution in [0.5, 0.6) is 0 Å². The van der Waals surface area contributed by atoms with Gasteiger partial charge in [-0.25, -0.2) is 0 Å². The van der Waals surface area contributed by atoms with E-state index in [9.17, 15) is 0 Å². The minimum absolute atomic E-state index is 0.897. The zero-order valence-corrected chi connectivity index (χ0v) is 32.5. The van der Waals surface area contributed by atoms with Gasteiger partial charge in [-0.1, -0.05) is 164 Å². The molecule has 13 aromatic rings. The summed E-state index contributed by atoms with van der Waals surface area (Å²) in [6.07, 6.45) is 0. The molecule has 0 aliphatic carbocycles. The highest BCUT2D eigenvalue weighted by molar-refractivity contribution is 7.24. The Morgan fingerprint density at radius 3 is 1.66 bits per heavy atom. The molecule has 0 radical (unpaired) electrons. The van der Waals surface area contributed by atoms with Crippen LogP contribution in [0.3, 0.4) is 0 Å². The Balaban J connectivity index is 1.08. The highest BCUT2D eigenvalue weighted by atomic mass is 32.1. The summed E-state index contributed by atoms with van der Waals surface area (Å²) in [6, 6.07) is 70.0. The number of benzene rings is 10. The van der Waals surface area contributed by atoms with E-state index in [0.717, 1.165) is 49.6 Å². The number of thiophene rings is 1. The average molecular weight is 769 g/mol. The smallest absolute Gasteiger partial charge is 0.143 e.